The van der Waals surface area contributed by atoms with Crippen LogP contribution in [0.4, 0.5) is 0 Å². The van der Waals surface area contributed by atoms with Crippen LogP contribution in [0.15, 0.2) is 18.5 Å². The highest BCUT2D eigenvalue weighted by Crippen LogP contribution is 2.60. The van der Waals surface area contributed by atoms with E-state index in [1.54, 1.807) is 6.20 Å². The van der Waals surface area contributed by atoms with Crippen molar-refractivity contribution in [3.8, 4) is 0 Å². The predicted octanol–water partition coefficient (Wildman–Crippen LogP) is 2.41. The van der Waals surface area contributed by atoms with Gasteiger partial charge in [0.05, 0.1) is 0 Å². The largest absolute Gasteiger partial charge is 0.294 e. The minimum atomic E-state index is 0.322. The Morgan fingerprint density at radius 3 is 2.87 bits per heavy atom. The van der Waals surface area contributed by atoms with Gasteiger partial charge in [-0.25, -0.2) is 0 Å². The third-order valence-electron chi connectivity index (χ3n) is 4.70. The van der Waals surface area contributed by atoms with Gasteiger partial charge in [-0.15, -0.1) is 0 Å². The molecule has 0 aromatic carbocycles. The van der Waals surface area contributed by atoms with Gasteiger partial charge in [0.1, 0.15) is 0 Å². The lowest BCUT2D eigenvalue weighted by atomic mass is 9.79. The van der Waals surface area contributed by atoms with E-state index < -0.39 is 0 Å². The smallest absolute Gasteiger partial charge is 0.168 e. The summed E-state index contributed by atoms with van der Waals surface area (Å²) in [5.41, 5.74) is 2.22. The van der Waals surface area contributed by atoms with E-state index in [4.69, 9.17) is 0 Å². The van der Waals surface area contributed by atoms with Gasteiger partial charge >= 0.3 is 0 Å². The molecule has 3 aliphatic rings. The van der Waals surface area contributed by atoms with Crippen molar-refractivity contribution in [2.24, 2.45) is 17.8 Å². The molecule has 0 spiro atoms. The number of rotatable bonds is 0. The van der Waals surface area contributed by atoms with Crippen molar-refractivity contribution in [2.45, 2.75) is 25.2 Å². The van der Waals surface area contributed by atoms with Gasteiger partial charge in [-0.3, -0.25) is 9.78 Å². The number of ketones is 1. The van der Waals surface area contributed by atoms with Crippen LogP contribution < -0.4 is 0 Å². The zero-order chi connectivity index (χ0) is 9.99. The average Bonchev–Trinajstić information content (AvgIpc) is 2.92. The molecule has 0 unspecified atom stereocenters. The second kappa shape index (κ2) is 2.49. The monoisotopic (exact) mass is 199 g/mol. The van der Waals surface area contributed by atoms with E-state index in [2.05, 4.69) is 11.1 Å². The number of carbonyl (C=O) groups is 1. The van der Waals surface area contributed by atoms with Crippen molar-refractivity contribution >= 4 is 5.78 Å². The van der Waals surface area contributed by atoms with Crippen LogP contribution in [0.1, 0.15) is 41.1 Å². The third-order valence-corrected chi connectivity index (χ3v) is 4.70. The molecule has 1 aromatic rings. The molecule has 2 heteroatoms. The van der Waals surface area contributed by atoms with E-state index in [1.807, 2.05) is 6.20 Å². The molecular weight excluding hydrogens is 186 g/mol. The highest BCUT2D eigenvalue weighted by Gasteiger charge is 2.55. The van der Waals surface area contributed by atoms with Crippen LogP contribution in [-0.2, 0) is 0 Å². The summed E-state index contributed by atoms with van der Waals surface area (Å²) in [7, 11) is 0. The van der Waals surface area contributed by atoms with Gasteiger partial charge in [0.15, 0.2) is 5.78 Å². The van der Waals surface area contributed by atoms with E-state index in [0.29, 0.717) is 23.5 Å². The quantitative estimate of drug-likeness (QED) is 0.642. The van der Waals surface area contributed by atoms with Gasteiger partial charge < -0.3 is 0 Å². The normalized spacial score (nSPS) is 40.7. The summed E-state index contributed by atoms with van der Waals surface area (Å²) in [6.07, 6.45) is 7.51. The molecule has 15 heavy (non-hydrogen) atoms. The Morgan fingerprint density at radius 1 is 1.20 bits per heavy atom. The first-order valence-electron chi connectivity index (χ1n) is 5.84. The fourth-order valence-electron chi connectivity index (χ4n) is 4.20. The first-order valence-corrected chi connectivity index (χ1v) is 5.84. The van der Waals surface area contributed by atoms with Crippen LogP contribution in [0, 0.1) is 17.8 Å². The summed E-state index contributed by atoms with van der Waals surface area (Å²) in [6, 6.07) is 2.07. The Balaban J connectivity index is 1.93. The van der Waals surface area contributed by atoms with Crippen molar-refractivity contribution in [2.75, 3.05) is 0 Å². The lowest BCUT2D eigenvalue weighted by Crippen LogP contribution is -2.20. The maximum absolute atomic E-state index is 12.2. The maximum Gasteiger partial charge on any atom is 0.168 e. The Hall–Kier alpha value is -1.18. The molecule has 0 amide bonds. The van der Waals surface area contributed by atoms with E-state index in [9.17, 15) is 4.79 Å². The number of carbonyl (C=O) groups excluding carboxylic acids is 1. The number of hydrogen-bond acceptors (Lipinski definition) is 2. The zero-order valence-corrected chi connectivity index (χ0v) is 8.52. The van der Waals surface area contributed by atoms with E-state index in [0.717, 1.165) is 11.5 Å². The minimum absolute atomic E-state index is 0.322. The topological polar surface area (TPSA) is 30.0 Å². The summed E-state index contributed by atoms with van der Waals surface area (Å²) in [5.74, 6) is 2.72. The molecular formula is C13H13NO. The number of aromatic nitrogens is 1. The van der Waals surface area contributed by atoms with Crippen molar-refractivity contribution in [1.82, 2.24) is 4.98 Å². The fraction of sp³-hybridized carbons (Fsp3) is 0.538. The molecule has 2 fully saturated rings. The van der Waals surface area contributed by atoms with Crippen molar-refractivity contribution < 1.29 is 4.79 Å². The van der Waals surface area contributed by atoms with E-state index in [1.165, 1.54) is 24.8 Å². The molecule has 1 heterocycles. The molecule has 3 aliphatic carbocycles. The van der Waals surface area contributed by atoms with Crippen LogP contribution in [0.2, 0.25) is 0 Å². The molecule has 1 aromatic heterocycles. The second-order valence-corrected chi connectivity index (χ2v) is 5.21. The number of nitrogens with zero attached hydrogens (tertiary/aromatic N) is 1. The summed E-state index contributed by atoms with van der Waals surface area (Å²) >= 11 is 0. The molecule has 2 saturated carbocycles. The maximum atomic E-state index is 12.2. The van der Waals surface area contributed by atoms with Gasteiger partial charge in [-0.1, -0.05) is 0 Å². The third kappa shape index (κ3) is 0.819. The highest BCUT2D eigenvalue weighted by atomic mass is 16.1. The molecule has 2 nitrogen and oxygen atoms in total. The summed E-state index contributed by atoms with van der Waals surface area (Å²) in [6.45, 7) is 0. The Morgan fingerprint density at radius 2 is 2.00 bits per heavy atom. The second-order valence-electron chi connectivity index (χ2n) is 5.21. The van der Waals surface area contributed by atoms with Crippen molar-refractivity contribution in [1.29, 1.82) is 0 Å². The van der Waals surface area contributed by atoms with Crippen molar-refractivity contribution in [3.05, 3.63) is 29.6 Å². The molecule has 76 valence electrons. The molecule has 4 atom stereocenters. The SMILES string of the molecule is O=C1c2cnccc2[C@@H]2[C@H]3CC[C@H](C3)[C@H]12. The molecule has 2 bridgehead atoms. The summed E-state index contributed by atoms with van der Waals surface area (Å²) in [4.78, 5) is 16.3. The number of hydrogen-bond donors (Lipinski definition) is 0. The first kappa shape index (κ1) is 8.03. The lowest BCUT2D eigenvalue weighted by Gasteiger charge is -2.23. The summed E-state index contributed by atoms with van der Waals surface area (Å²) in [5, 5.41) is 0. The molecule has 0 saturated heterocycles. The van der Waals surface area contributed by atoms with Crippen LogP contribution in [0.5, 0.6) is 0 Å². The summed E-state index contributed by atoms with van der Waals surface area (Å²) < 4.78 is 0. The van der Waals surface area contributed by atoms with Gasteiger partial charge in [-0.05, 0) is 48.6 Å². The molecule has 0 radical (unpaired) electrons. The van der Waals surface area contributed by atoms with Crippen LogP contribution >= 0.6 is 0 Å². The van der Waals surface area contributed by atoms with E-state index >= 15 is 0 Å². The van der Waals surface area contributed by atoms with Gasteiger partial charge in [0, 0.05) is 23.9 Å². The van der Waals surface area contributed by atoms with Crippen LogP contribution in [-0.4, -0.2) is 10.8 Å². The molecule has 0 N–H and O–H groups in total. The number of Topliss-reactive ketones (excluding diaryl/α,β-unsaturated/α-hetero) is 1. The number of pyridine rings is 1. The van der Waals surface area contributed by atoms with Gasteiger partial charge in [-0.2, -0.15) is 0 Å². The first-order chi connectivity index (χ1) is 7.36. The molecule has 4 rings (SSSR count). The number of fused-ring (bicyclic) bond motifs is 7. The minimum Gasteiger partial charge on any atom is -0.294 e. The van der Waals surface area contributed by atoms with Gasteiger partial charge in [0.2, 0.25) is 0 Å². The lowest BCUT2D eigenvalue weighted by molar-refractivity contribution is 0.0883. The van der Waals surface area contributed by atoms with Gasteiger partial charge in [0.25, 0.3) is 0 Å². The Labute approximate surface area is 88.7 Å². The molecule has 0 aliphatic heterocycles. The zero-order valence-electron chi connectivity index (χ0n) is 8.52. The van der Waals surface area contributed by atoms with Crippen LogP contribution in [0.25, 0.3) is 0 Å². The standard InChI is InChI=1S/C13H13NO/c15-13-10-6-14-4-3-9(10)11-7-1-2-8(5-7)12(11)13/h3-4,6-8,11-12H,1-2,5H2/t7-,8+,11-,12-/m0/s1. The Kier molecular flexibility index (Phi) is 1.33. The fourth-order valence-corrected chi connectivity index (χ4v) is 4.20. The highest BCUT2D eigenvalue weighted by molar-refractivity contribution is 6.03. The van der Waals surface area contributed by atoms with E-state index in [-0.39, 0.29) is 0 Å². The predicted molar refractivity (Wildman–Crippen MR) is 55.6 cm³/mol. The Bertz CT molecular complexity index is 454. The average molecular weight is 199 g/mol. The van der Waals surface area contributed by atoms with Crippen LogP contribution in [0.3, 0.4) is 0 Å². The van der Waals surface area contributed by atoms with Crippen molar-refractivity contribution in [3.63, 3.8) is 0 Å².